The standard InChI is InChI=1S/C21H24N4O2S/c1-3-4-7-14-27-17-12-10-16(11-13-17)15-22-25-20(23-24-21(25)28)18-8-5-6-9-19(18)26-2/h5-6,8-13,15H,3-4,7,14H2,1-2H3,(H,24,28). The highest BCUT2D eigenvalue weighted by molar-refractivity contribution is 7.71. The zero-order chi connectivity index (χ0) is 19.8. The van der Waals surface area contributed by atoms with Gasteiger partial charge in [-0.2, -0.15) is 14.9 Å². The molecule has 0 fully saturated rings. The smallest absolute Gasteiger partial charge is 0.216 e. The van der Waals surface area contributed by atoms with Crippen LogP contribution in [0.3, 0.4) is 0 Å². The molecule has 3 rings (SSSR count). The Balaban J connectivity index is 1.76. The van der Waals surface area contributed by atoms with Gasteiger partial charge in [0.15, 0.2) is 5.82 Å². The molecule has 0 spiro atoms. The third-order valence-electron chi connectivity index (χ3n) is 4.22. The number of ether oxygens (including phenoxy) is 2. The van der Waals surface area contributed by atoms with Crippen molar-refractivity contribution in [3.63, 3.8) is 0 Å². The van der Waals surface area contributed by atoms with Gasteiger partial charge in [-0.05, 0) is 60.6 Å². The fraction of sp³-hybridized carbons (Fsp3) is 0.286. The maximum Gasteiger partial charge on any atom is 0.216 e. The molecule has 0 saturated heterocycles. The lowest BCUT2D eigenvalue weighted by molar-refractivity contribution is 0.306. The van der Waals surface area contributed by atoms with Crippen molar-refractivity contribution < 1.29 is 9.47 Å². The molecule has 6 nitrogen and oxygen atoms in total. The van der Waals surface area contributed by atoms with Gasteiger partial charge in [0.05, 0.1) is 25.5 Å². The Morgan fingerprint density at radius 1 is 1.14 bits per heavy atom. The third-order valence-corrected chi connectivity index (χ3v) is 4.48. The Morgan fingerprint density at radius 2 is 1.93 bits per heavy atom. The van der Waals surface area contributed by atoms with Crippen LogP contribution >= 0.6 is 12.2 Å². The minimum atomic E-state index is 0.410. The maximum absolute atomic E-state index is 5.74. The number of unbranched alkanes of at least 4 members (excludes halogenated alkanes) is 2. The molecule has 2 aromatic carbocycles. The van der Waals surface area contributed by atoms with Crippen molar-refractivity contribution in [1.29, 1.82) is 0 Å². The van der Waals surface area contributed by atoms with Crippen molar-refractivity contribution >= 4 is 18.4 Å². The minimum Gasteiger partial charge on any atom is -0.496 e. The molecule has 0 aliphatic carbocycles. The molecule has 7 heteroatoms. The van der Waals surface area contributed by atoms with E-state index in [1.165, 1.54) is 12.8 Å². The summed E-state index contributed by atoms with van der Waals surface area (Å²) in [5, 5.41) is 11.6. The van der Waals surface area contributed by atoms with Gasteiger partial charge in [-0.1, -0.05) is 31.9 Å². The van der Waals surface area contributed by atoms with E-state index >= 15 is 0 Å². The molecule has 0 amide bonds. The number of hydrogen-bond donors (Lipinski definition) is 1. The van der Waals surface area contributed by atoms with Crippen LogP contribution < -0.4 is 9.47 Å². The number of rotatable bonds is 9. The first kappa shape index (κ1) is 19.8. The van der Waals surface area contributed by atoms with Gasteiger partial charge in [-0.3, -0.25) is 0 Å². The molecule has 3 aromatic rings. The second-order valence-electron chi connectivity index (χ2n) is 6.23. The van der Waals surface area contributed by atoms with Crippen LogP contribution in [0.4, 0.5) is 0 Å². The van der Waals surface area contributed by atoms with Gasteiger partial charge in [0, 0.05) is 0 Å². The van der Waals surface area contributed by atoms with Gasteiger partial charge in [0.2, 0.25) is 4.77 Å². The highest BCUT2D eigenvalue weighted by Gasteiger charge is 2.12. The van der Waals surface area contributed by atoms with Crippen LogP contribution in [-0.4, -0.2) is 34.8 Å². The normalized spacial score (nSPS) is 11.1. The Hall–Kier alpha value is -2.93. The lowest BCUT2D eigenvalue weighted by Crippen LogP contribution is -1.98. The quantitative estimate of drug-likeness (QED) is 0.312. The second-order valence-corrected chi connectivity index (χ2v) is 6.62. The van der Waals surface area contributed by atoms with Crippen LogP contribution in [0.2, 0.25) is 0 Å². The van der Waals surface area contributed by atoms with Crippen LogP contribution in [0, 0.1) is 4.77 Å². The number of aromatic amines is 1. The second kappa shape index (κ2) is 9.85. The summed E-state index contributed by atoms with van der Waals surface area (Å²) in [6.07, 6.45) is 5.19. The van der Waals surface area contributed by atoms with Gasteiger partial charge in [-0.25, -0.2) is 5.10 Å². The highest BCUT2D eigenvalue weighted by atomic mass is 32.1. The Bertz CT molecular complexity index is 977. The number of benzene rings is 2. The monoisotopic (exact) mass is 396 g/mol. The molecule has 0 saturated carbocycles. The molecular formula is C21H24N4O2S. The van der Waals surface area contributed by atoms with Crippen molar-refractivity contribution in [2.45, 2.75) is 26.2 Å². The molecule has 0 aliphatic rings. The average Bonchev–Trinajstić information content (AvgIpc) is 3.10. The molecule has 146 valence electrons. The molecular weight excluding hydrogens is 372 g/mol. The van der Waals surface area contributed by atoms with E-state index in [2.05, 4.69) is 22.2 Å². The van der Waals surface area contributed by atoms with Crippen molar-refractivity contribution in [1.82, 2.24) is 14.9 Å². The largest absolute Gasteiger partial charge is 0.496 e. The summed E-state index contributed by atoms with van der Waals surface area (Å²) >= 11 is 5.33. The molecule has 0 atom stereocenters. The number of nitrogens with one attached hydrogen (secondary N) is 1. The first-order chi connectivity index (χ1) is 13.7. The number of hydrogen-bond acceptors (Lipinski definition) is 5. The van der Waals surface area contributed by atoms with Crippen molar-refractivity contribution in [2.75, 3.05) is 13.7 Å². The van der Waals surface area contributed by atoms with Gasteiger partial charge in [0.1, 0.15) is 11.5 Å². The van der Waals surface area contributed by atoms with E-state index in [4.69, 9.17) is 21.7 Å². The van der Waals surface area contributed by atoms with Gasteiger partial charge in [0.25, 0.3) is 0 Å². The SMILES string of the molecule is CCCCCOc1ccc(C=Nn2c(-c3ccccc3OC)n[nH]c2=S)cc1. The maximum atomic E-state index is 5.74. The van der Waals surface area contributed by atoms with Gasteiger partial charge >= 0.3 is 0 Å². The van der Waals surface area contributed by atoms with Crippen molar-refractivity contribution in [2.24, 2.45) is 5.10 Å². The predicted octanol–water partition coefficient (Wildman–Crippen LogP) is 5.07. The molecule has 0 bridgehead atoms. The molecule has 0 unspecified atom stereocenters. The number of H-pyrrole nitrogens is 1. The summed E-state index contributed by atoms with van der Waals surface area (Å²) in [7, 11) is 1.62. The van der Waals surface area contributed by atoms with Crippen LogP contribution in [0.15, 0.2) is 53.6 Å². The van der Waals surface area contributed by atoms with E-state index in [1.807, 2.05) is 48.5 Å². The van der Waals surface area contributed by atoms with E-state index in [9.17, 15) is 0 Å². The average molecular weight is 397 g/mol. The number of methoxy groups -OCH3 is 1. The van der Waals surface area contributed by atoms with E-state index in [-0.39, 0.29) is 0 Å². The summed E-state index contributed by atoms with van der Waals surface area (Å²) in [6.45, 7) is 2.92. The lowest BCUT2D eigenvalue weighted by atomic mass is 10.2. The fourth-order valence-corrected chi connectivity index (χ4v) is 2.90. The first-order valence-corrected chi connectivity index (χ1v) is 9.71. The summed E-state index contributed by atoms with van der Waals surface area (Å²) in [4.78, 5) is 0. The Labute approximate surface area is 169 Å². The predicted molar refractivity (Wildman–Crippen MR) is 114 cm³/mol. The summed E-state index contributed by atoms with van der Waals surface area (Å²) in [5.41, 5.74) is 1.75. The zero-order valence-corrected chi connectivity index (χ0v) is 16.9. The van der Waals surface area contributed by atoms with Crippen LogP contribution in [0.25, 0.3) is 11.4 Å². The first-order valence-electron chi connectivity index (χ1n) is 9.31. The molecule has 28 heavy (non-hydrogen) atoms. The molecule has 0 aliphatic heterocycles. The Kier molecular flexibility index (Phi) is 6.97. The third kappa shape index (κ3) is 4.86. The molecule has 1 aromatic heterocycles. The minimum absolute atomic E-state index is 0.410. The lowest BCUT2D eigenvalue weighted by Gasteiger charge is -2.07. The summed E-state index contributed by atoms with van der Waals surface area (Å²) < 4.78 is 13.2. The van der Waals surface area contributed by atoms with E-state index in [0.717, 1.165) is 29.9 Å². The van der Waals surface area contributed by atoms with Crippen LogP contribution in [-0.2, 0) is 0 Å². The van der Waals surface area contributed by atoms with Gasteiger partial charge < -0.3 is 9.47 Å². The summed E-state index contributed by atoms with van der Waals surface area (Å²) in [6, 6.07) is 15.4. The zero-order valence-electron chi connectivity index (χ0n) is 16.1. The van der Waals surface area contributed by atoms with E-state index in [0.29, 0.717) is 16.3 Å². The van der Waals surface area contributed by atoms with Crippen LogP contribution in [0.5, 0.6) is 11.5 Å². The highest BCUT2D eigenvalue weighted by Crippen LogP contribution is 2.28. The van der Waals surface area contributed by atoms with E-state index < -0.39 is 0 Å². The summed E-state index contributed by atoms with van der Waals surface area (Å²) in [5.74, 6) is 2.16. The van der Waals surface area contributed by atoms with Crippen molar-refractivity contribution in [3.8, 4) is 22.9 Å². The fourth-order valence-electron chi connectivity index (χ4n) is 2.72. The van der Waals surface area contributed by atoms with Gasteiger partial charge in [-0.15, -0.1) is 0 Å². The molecule has 1 heterocycles. The van der Waals surface area contributed by atoms with Crippen molar-refractivity contribution in [3.05, 3.63) is 58.9 Å². The molecule has 1 N–H and O–H groups in total. The number of aromatic nitrogens is 3. The topological polar surface area (TPSA) is 64.4 Å². The van der Waals surface area contributed by atoms with Crippen LogP contribution in [0.1, 0.15) is 31.7 Å². The van der Waals surface area contributed by atoms with E-state index in [1.54, 1.807) is 18.0 Å². The molecule has 0 radical (unpaired) electrons. The number of nitrogens with zero attached hydrogens (tertiary/aromatic N) is 3. The Morgan fingerprint density at radius 3 is 2.68 bits per heavy atom. The number of para-hydroxylation sites is 1.